The predicted molar refractivity (Wildman–Crippen MR) is 95.7 cm³/mol. The molecule has 0 aliphatic carbocycles. The SMILES string of the molecule is COCCOc1ccc(F)cc1S(=O)(=O)N[C@H](Cc1ccccc1)C(=O)O. The van der Waals surface area contributed by atoms with Gasteiger partial charge < -0.3 is 14.6 Å². The van der Waals surface area contributed by atoms with Crippen LogP contribution in [-0.4, -0.2) is 45.9 Å². The molecule has 0 unspecified atom stereocenters. The van der Waals surface area contributed by atoms with Crippen molar-refractivity contribution < 1.29 is 32.2 Å². The molecule has 2 aromatic rings. The molecule has 1 atom stereocenters. The van der Waals surface area contributed by atoms with Crippen molar-refractivity contribution in [2.45, 2.75) is 17.4 Å². The standard InChI is InChI=1S/C18H20FNO6S/c1-25-9-10-26-16-8-7-14(19)12-17(16)27(23,24)20-15(18(21)22)11-13-5-3-2-4-6-13/h2-8,12,15,20H,9-11H2,1H3,(H,21,22)/t15-/m1/s1. The number of hydrogen-bond acceptors (Lipinski definition) is 5. The first-order chi connectivity index (χ1) is 12.8. The summed E-state index contributed by atoms with van der Waals surface area (Å²) in [7, 11) is -2.90. The number of aliphatic carboxylic acids is 1. The molecule has 0 amide bonds. The van der Waals surface area contributed by atoms with Crippen molar-refractivity contribution in [1.82, 2.24) is 4.72 Å². The zero-order chi connectivity index (χ0) is 19.9. The Balaban J connectivity index is 2.27. The maximum Gasteiger partial charge on any atom is 0.322 e. The molecule has 2 rings (SSSR count). The summed E-state index contributed by atoms with van der Waals surface area (Å²) < 4.78 is 51.3. The zero-order valence-corrected chi connectivity index (χ0v) is 15.4. The van der Waals surface area contributed by atoms with E-state index in [4.69, 9.17) is 9.47 Å². The number of carboxylic acid groups (broad SMARTS) is 1. The summed E-state index contributed by atoms with van der Waals surface area (Å²) >= 11 is 0. The number of sulfonamides is 1. The van der Waals surface area contributed by atoms with Gasteiger partial charge in [-0.25, -0.2) is 12.8 Å². The van der Waals surface area contributed by atoms with Crippen LogP contribution in [0.25, 0.3) is 0 Å². The van der Waals surface area contributed by atoms with E-state index in [1.54, 1.807) is 30.3 Å². The Bertz CT molecular complexity index is 873. The fourth-order valence-corrected chi connectivity index (χ4v) is 3.67. The first-order valence-corrected chi connectivity index (χ1v) is 9.52. The first kappa shape index (κ1) is 20.8. The quantitative estimate of drug-likeness (QED) is 0.593. The van der Waals surface area contributed by atoms with Crippen LogP contribution < -0.4 is 9.46 Å². The molecular weight excluding hydrogens is 377 g/mol. The number of rotatable bonds is 10. The number of nitrogens with one attached hydrogen (secondary N) is 1. The molecule has 2 N–H and O–H groups in total. The van der Waals surface area contributed by atoms with Gasteiger partial charge in [-0.3, -0.25) is 4.79 Å². The van der Waals surface area contributed by atoms with Crippen LogP contribution in [0.5, 0.6) is 5.75 Å². The third kappa shape index (κ3) is 6.02. The van der Waals surface area contributed by atoms with Crippen molar-refractivity contribution in [1.29, 1.82) is 0 Å². The molecule has 0 aliphatic heterocycles. The van der Waals surface area contributed by atoms with Gasteiger partial charge in [-0.1, -0.05) is 30.3 Å². The fraction of sp³-hybridized carbons (Fsp3) is 0.278. The van der Waals surface area contributed by atoms with Gasteiger partial charge in [0.2, 0.25) is 10.0 Å². The highest BCUT2D eigenvalue weighted by Gasteiger charge is 2.28. The Morgan fingerprint density at radius 1 is 1.19 bits per heavy atom. The third-order valence-corrected chi connectivity index (χ3v) is 5.11. The molecule has 9 heteroatoms. The van der Waals surface area contributed by atoms with Gasteiger partial charge >= 0.3 is 5.97 Å². The van der Waals surface area contributed by atoms with Gasteiger partial charge in [0.05, 0.1) is 6.61 Å². The minimum atomic E-state index is -4.35. The van der Waals surface area contributed by atoms with Crippen LogP contribution in [0.2, 0.25) is 0 Å². The van der Waals surface area contributed by atoms with Crippen LogP contribution in [-0.2, 0) is 26.0 Å². The molecule has 0 heterocycles. The number of ether oxygens (including phenoxy) is 2. The molecule has 2 aromatic carbocycles. The van der Waals surface area contributed by atoms with Crippen LogP contribution in [0.4, 0.5) is 4.39 Å². The van der Waals surface area contributed by atoms with Crippen molar-refractivity contribution in [3.05, 3.63) is 59.9 Å². The summed E-state index contributed by atoms with van der Waals surface area (Å²) in [6.45, 7) is 0.257. The van der Waals surface area contributed by atoms with Crippen molar-refractivity contribution in [2.75, 3.05) is 20.3 Å². The highest BCUT2D eigenvalue weighted by molar-refractivity contribution is 7.89. The summed E-state index contributed by atoms with van der Waals surface area (Å²) in [6.07, 6.45) is -0.0649. The zero-order valence-electron chi connectivity index (χ0n) is 14.6. The topological polar surface area (TPSA) is 102 Å². The number of carboxylic acids is 1. The molecule has 146 valence electrons. The summed E-state index contributed by atoms with van der Waals surface area (Å²) in [5.74, 6) is -2.23. The highest BCUT2D eigenvalue weighted by atomic mass is 32.2. The van der Waals surface area contributed by atoms with Gasteiger partial charge in [0.15, 0.2) is 0 Å². The number of hydrogen-bond donors (Lipinski definition) is 2. The van der Waals surface area contributed by atoms with E-state index in [0.29, 0.717) is 5.56 Å². The lowest BCUT2D eigenvalue weighted by molar-refractivity contribution is -0.138. The lowest BCUT2D eigenvalue weighted by Gasteiger charge is -2.17. The van der Waals surface area contributed by atoms with E-state index in [1.165, 1.54) is 13.2 Å². The van der Waals surface area contributed by atoms with Crippen LogP contribution in [0, 0.1) is 5.82 Å². The Morgan fingerprint density at radius 2 is 1.89 bits per heavy atom. The molecule has 0 saturated carbocycles. The third-order valence-electron chi connectivity index (χ3n) is 3.62. The summed E-state index contributed by atoms with van der Waals surface area (Å²) in [5.41, 5.74) is 0.642. The van der Waals surface area contributed by atoms with Gasteiger partial charge in [-0.2, -0.15) is 4.72 Å². The summed E-state index contributed by atoms with van der Waals surface area (Å²) in [5, 5.41) is 9.39. The van der Waals surface area contributed by atoms with Crippen molar-refractivity contribution in [3.63, 3.8) is 0 Å². The number of halogens is 1. The van der Waals surface area contributed by atoms with Crippen LogP contribution in [0.3, 0.4) is 0 Å². The second kappa shape index (κ2) is 9.45. The molecule has 0 fully saturated rings. The van der Waals surface area contributed by atoms with E-state index < -0.39 is 32.7 Å². The number of methoxy groups -OCH3 is 1. The molecule has 0 spiro atoms. The van der Waals surface area contributed by atoms with Gasteiger partial charge in [-0.05, 0) is 30.2 Å². The Kier molecular flexibility index (Phi) is 7.28. The lowest BCUT2D eigenvalue weighted by Crippen LogP contribution is -2.42. The second-order valence-electron chi connectivity index (χ2n) is 5.63. The Labute approximate surface area is 156 Å². The summed E-state index contributed by atoms with van der Waals surface area (Å²) in [6, 6.07) is 10.2. The number of carbonyl (C=O) groups is 1. The van der Waals surface area contributed by atoms with E-state index >= 15 is 0 Å². The van der Waals surface area contributed by atoms with Crippen LogP contribution in [0.15, 0.2) is 53.4 Å². The second-order valence-corrected chi connectivity index (χ2v) is 7.32. The molecule has 7 nitrogen and oxygen atoms in total. The largest absolute Gasteiger partial charge is 0.490 e. The maximum atomic E-state index is 13.6. The molecule has 0 aliphatic rings. The average Bonchev–Trinajstić information content (AvgIpc) is 2.63. The van der Waals surface area contributed by atoms with Crippen molar-refractivity contribution in [3.8, 4) is 5.75 Å². The minimum Gasteiger partial charge on any atom is -0.490 e. The van der Waals surface area contributed by atoms with E-state index in [9.17, 15) is 22.7 Å². The Hall–Kier alpha value is -2.49. The van der Waals surface area contributed by atoms with E-state index in [2.05, 4.69) is 4.72 Å². The van der Waals surface area contributed by atoms with Gasteiger partial charge in [0.25, 0.3) is 0 Å². The molecule has 27 heavy (non-hydrogen) atoms. The molecule has 0 aromatic heterocycles. The van der Waals surface area contributed by atoms with Crippen molar-refractivity contribution >= 4 is 16.0 Å². The molecule has 0 radical (unpaired) electrons. The van der Waals surface area contributed by atoms with Gasteiger partial charge in [0.1, 0.15) is 29.1 Å². The van der Waals surface area contributed by atoms with Gasteiger partial charge in [0, 0.05) is 7.11 Å². The predicted octanol–water partition coefficient (Wildman–Crippen LogP) is 1.83. The molecule has 0 saturated heterocycles. The smallest absolute Gasteiger partial charge is 0.322 e. The van der Waals surface area contributed by atoms with Crippen LogP contribution >= 0.6 is 0 Å². The minimum absolute atomic E-state index is 0.0526. The van der Waals surface area contributed by atoms with E-state index in [-0.39, 0.29) is 25.4 Å². The van der Waals surface area contributed by atoms with E-state index in [1.807, 2.05) is 0 Å². The number of benzene rings is 2. The average molecular weight is 397 g/mol. The van der Waals surface area contributed by atoms with E-state index in [0.717, 1.165) is 12.1 Å². The molecule has 0 bridgehead atoms. The van der Waals surface area contributed by atoms with Crippen LogP contribution in [0.1, 0.15) is 5.56 Å². The monoisotopic (exact) mass is 397 g/mol. The Morgan fingerprint density at radius 3 is 2.52 bits per heavy atom. The maximum absolute atomic E-state index is 13.6. The fourth-order valence-electron chi connectivity index (χ4n) is 2.33. The first-order valence-electron chi connectivity index (χ1n) is 8.04. The highest BCUT2D eigenvalue weighted by Crippen LogP contribution is 2.25. The summed E-state index contributed by atoms with van der Waals surface area (Å²) in [4.78, 5) is 11.1. The van der Waals surface area contributed by atoms with Gasteiger partial charge in [-0.15, -0.1) is 0 Å². The van der Waals surface area contributed by atoms with Crippen molar-refractivity contribution in [2.24, 2.45) is 0 Å². The lowest BCUT2D eigenvalue weighted by atomic mass is 10.1. The normalized spacial score (nSPS) is 12.5. The molecular formula is C18H20FNO6S.